The van der Waals surface area contributed by atoms with Crippen LogP contribution < -0.4 is 5.32 Å². The van der Waals surface area contributed by atoms with Crippen LogP contribution in [0.2, 0.25) is 0 Å². The Kier molecular flexibility index (Phi) is 4.93. The number of carbonyl (C=O) groups excluding carboxylic acids is 1. The van der Waals surface area contributed by atoms with Crippen LogP contribution in [0, 0.1) is 13.8 Å². The molecule has 0 bridgehead atoms. The molecule has 1 aromatic heterocycles. The van der Waals surface area contributed by atoms with E-state index in [1.807, 2.05) is 32.0 Å². The number of amides is 1. The molecule has 2 aromatic carbocycles. The van der Waals surface area contributed by atoms with Gasteiger partial charge in [-0.3, -0.25) is 10.1 Å². The smallest absolute Gasteiger partial charge is 0.322 e. The van der Waals surface area contributed by atoms with E-state index in [1.165, 1.54) is 5.56 Å². The van der Waals surface area contributed by atoms with Crippen LogP contribution in [-0.2, 0) is 12.8 Å². The molecule has 0 aliphatic heterocycles. The van der Waals surface area contributed by atoms with E-state index in [1.54, 1.807) is 0 Å². The summed E-state index contributed by atoms with van der Waals surface area (Å²) in [5.74, 6) is 0.226. The fraction of sp³-hybridized carbons (Fsp3) is 0.250. The monoisotopic (exact) mass is 335 g/mol. The van der Waals surface area contributed by atoms with Crippen molar-refractivity contribution in [1.82, 2.24) is 10.2 Å². The molecule has 0 aliphatic carbocycles. The molecule has 5 heteroatoms. The lowest BCUT2D eigenvalue weighted by Gasteiger charge is -2.05. The van der Waals surface area contributed by atoms with Gasteiger partial charge in [-0.2, -0.15) is 0 Å². The first kappa shape index (κ1) is 16.9. The molecule has 128 valence electrons. The SMILES string of the molecule is CCc1ccc(Cc2nnc(NC(=O)c3cc(C)ccc3C)o2)cc1. The highest BCUT2D eigenvalue weighted by Crippen LogP contribution is 2.15. The third-order valence-corrected chi connectivity index (χ3v) is 4.11. The Balaban J connectivity index is 1.68. The molecule has 0 spiro atoms. The van der Waals surface area contributed by atoms with Gasteiger partial charge in [-0.05, 0) is 43.0 Å². The zero-order valence-corrected chi connectivity index (χ0v) is 14.7. The summed E-state index contributed by atoms with van der Waals surface area (Å²) in [5, 5.41) is 10.6. The van der Waals surface area contributed by atoms with E-state index >= 15 is 0 Å². The molecule has 0 saturated heterocycles. The third kappa shape index (κ3) is 4.12. The maximum absolute atomic E-state index is 12.4. The van der Waals surface area contributed by atoms with Crippen LogP contribution in [0.25, 0.3) is 0 Å². The van der Waals surface area contributed by atoms with Gasteiger partial charge >= 0.3 is 6.01 Å². The van der Waals surface area contributed by atoms with Gasteiger partial charge in [0.1, 0.15) is 0 Å². The number of aromatic nitrogens is 2. The van der Waals surface area contributed by atoms with Gasteiger partial charge in [0.15, 0.2) is 0 Å². The van der Waals surface area contributed by atoms with Crippen molar-refractivity contribution in [1.29, 1.82) is 0 Å². The summed E-state index contributed by atoms with van der Waals surface area (Å²) in [5.41, 5.74) is 4.91. The van der Waals surface area contributed by atoms with Gasteiger partial charge in [-0.15, -0.1) is 5.10 Å². The van der Waals surface area contributed by atoms with Gasteiger partial charge in [-0.1, -0.05) is 54.0 Å². The molecule has 0 unspecified atom stereocenters. The van der Waals surface area contributed by atoms with Crippen molar-refractivity contribution in [2.45, 2.75) is 33.6 Å². The molecule has 1 amide bonds. The van der Waals surface area contributed by atoms with Crippen molar-refractivity contribution in [3.8, 4) is 0 Å². The summed E-state index contributed by atoms with van der Waals surface area (Å²) in [6, 6.07) is 14.1. The van der Waals surface area contributed by atoms with Crippen molar-refractivity contribution in [3.63, 3.8) is 0 Å². The van der Waals surface area contributed by atoms with Crippen LogP contribution in [-0.4, -0.2) is 16.1 Å². The number of nitrogens with one attached hydrogen (secondary N) is 1. The summed E-state index contributed by atoms with van der Waals surface area (Å²) in [6.45, 7) is 5.97. The zero-order valence-electron chi connectivity index (χ0n) is 14.7. The summed E-state index contributed by atoms with van der Waals surface area (Å²) in [7, 11) is 0. The molecule has 3 rings (SSSR count). The molecule has 0 radical (unpaired) electrons. The Hall–Kier alpha value is -2.95. The maximum Gasteiger partial charge on any atom is 0.322 e. The highest BCUT2D eigenvalue weighted by molar-refractivity contribution is 6.04. The minimum atomic E-state index is -0.247. The van der Waals surface area contributed by atoms with Gasteiger partial charge in [0.2, 0.25) is 5.89 Å². The standard InChI is InChI=1S/C20H21N3O2/c1-4-15-7-9-16(10-8-15)12-18-22-23-20(25-18)21-19(24)17-11-13(2)5-6-14(17)3/h5-11H,4,12H2,1-3H3,(H,21,23,24). The quantitative estimate of drug-likeness (QED) is 0.762. The minimum Gasteiger partial charge on any atom is -0.407 e. The molecule has 25 heavy (non-hydrogen) atoms. The molecule has 0 saturated carbocycles. The predicted molar refractivity (Wildman–Crippen MR) is 96.8 cm³/mol. The van der Waals surface area contributed by atoms with Gasteiger partial charge in [-0.25, -0.2) is 0 Å². The number of hydrogen-bond acceptors (Lipinski definition) is 4. The van der Waals surface area contributed by atoms with Crippen LogP contribution in [0.5, 0.6) is 0 Å². The predicted octanol–water partition coefficient (Wildman–Crippen LogP) is 4.09. The van der Waals surface area contributed by atoms with E-state index < -0.39 is 0 Å². The lowest BCUT2D eigenvalue weighted by molar-refractivity contribution is 0.102. The number of aryl methyl sites for hydroxylation is 3. The Morgan fingerprint density at radius 2 is 1.76 bits per heavy atom. The molecule has 1 N–H and O–H groups in total. The first-order chi connectivity index (χ1) is 12.0. The second-order valence-electron chi connectivity index (χ2n) is 6.12. The molecule has 5 nitrogen and oxygen atoms in total. The van der Waals surface area contributed by atoms with E-state index in [-0.39, 0.29) is 11.9 Å². The zero-order chi connectivity index (χ0) is 17.8. The summed E-state index contributed by atoms with van der Waals surface area (Å²) < 4.78 is 5.55. The number of nitrogens with zero attached hydrogens (tertiary/aromatic N) is 2. The Labute approximate surface area is 147 Å². The Bertz CT molecular complexity index is 882. The van der Waals surface area contributed by atoms with E-state index in [0.29, 0.717) is 17.9 Å². The molecular weight excluding hydrogens is 314 g/mol. The fourth-order valence-electron chi connectivity index (χ4n) is 2.59. The topological polar surface area (TPSA) is 68.0 Å². The minimum absolute atomic E-state index is 0.117. The first-order valence-electron chi connectivity index (χ1n) is 8.34. The lowest BCUT2D eigenvalue weighted by Crippen LogP contribution is -2.13. The van der Waals surface area contributed by atoms with Crippen molar-refractivity contribution < 1.29 is 9.21 Å². The first-order valence-corrected chi connectivity index (χ1v) is 8.34. The summed E-state index contributed by atoms with van der Waals surface area (Å²) in [4.78, 5) is 12.4. The van der Waals surface area contributed by atoms with Crippen LogP contribution in [0.4, 0.5) is 6.01 Å². The number of carbonyl (C=O) groups is 1. The lowest BCUT2D eigenvalue weighted by atomic mass is 10.1. The normalized spacial score (nSPS) is 10.7. The van der Waals surface area contributed by atoms with Crippen molar-refractivity contribution in [2.75, 3.05) is 5.32 Å². The van der Waals surface area contributed by atoms with Gasteiger partial charge in [0.05, 0.1) is 6.42 Å². The van der Waals surface area contributed by atoms with E-state index in [0.717, 1.165) is 23.1 Å². The number of anilines is 1. The van der Waals surface area contributed by atoms with Gasteiger partial charge in [0, 0.05) is 5.56 Å². The summed E-state index contributed by atoms with van der Waals surface area (Å²) in [6.07, 6.45) is 1.55. The molecule has 0 fully saturated rings. The van der Waals surface area contributed by atoms with E-state index in [2.05, 4.69) is 46.7 Å². The third-order valence-electron chi connectivity index (χ3n) is 4.11. The summed E-state index contributed by atoms with van der Waals surface area (Å²) >= 11 is 0. The fourth-order valence-corrected chi connectivity index (χ4v) is 2.59. The second-order valence-corrected chi connectivity index (χ2v) is 6.12. The van der Waals surface area contributed by atoms with Crippen LogP contribution >= 0.6 is 0 Å². The number of rotatable bonds is 5. The molecule has 0 atom stereocenters. The average Bonchev–Trinajstić information content (AvgIpc) is 3.04. The van der Waals surface area contributed by atoms with Crippen LogP contribution in [0.1, 0.15) is 45.4 Å². The number of hydrogen-bond donors (Lipinski definition) is 1. The highest BCUT2D eigenvalue weighted by atomic mass is 16.4. The maximum atomic E-state index is 12.4. The highest BCUT2D eigenvalue weighted by Gasteiger charge is 2.14. The Morgan fingerprint density at radius 3 is 2.48 bits per heavy atom. The number of benzene rings is 2. The van der Waals surface area contributed by atoms with Crippen molar-refractivity contribution in [3.05, 3.63) is 76.2 Å². The molecule has 0 aliphatic rings. The molecular formula is C20H21N3O2. The Morgan fingerprint density at radius 1 is 1.04 bits per heavy atom. The van der Waals surface area contributed by atoms with Crippen LogP contribution in [0.15, 0.2) is 46.9 Å². The average molecular weight is 335 g/mol. The molecule has 3 aromatic rings. The second kappa shape index (κ2) is 7.30. The van der Waals surface area contributed by atoms with Crippen LogP contribution in [0.3, 0.4) is 0 Å². The van der Waals surface area contributed by atoms with E-state index in [4.69, 9.17) is 4.42 Å². The van der Waals surface area contributed by atoms with Crippen molar-refractivity contribution in [2.24, 2.45) is 0 Å². The largest absolute Gasteiger partial charge is 0.407 e. The molecule has 1 heterocycles. The van der Waals surface area contributed by atoms with Crippen molar-refractivity contribution >= 4 is 11.9 Å². The van der Waals surface area contributed by atoms with E-state index in [9.17, 15) is 4.79 Å². The van der Waals surface area contributed by atoms with Gasteiger partial charge in [0.25, 0.3) is 5.91 Å². The van der Waals surface area contributed by atoms with Gasteiger partial charge < -0.3 is 4.42 Å².